The molecule has 0 fully saturated rings. The van der Waals surface area contributed by atoms with E-state index in [1.807, 2.05) is 0 Å². The van der Waals surface area contributed by atoms with Crippen LogP contribution in [-0.2, 0) is 17.6 Å². The van der Waals surface area contributed by atoms with Crippen LogP contribution in [0.5, 0.6) is 5.75 Å². The normalized spacial score (nSPS) is 10.3. The number of halogens is 1. The van der Waals surface area contributed by atoms with Gasteiger partial charge in [-0.25, -0.2) is 4.98 Å². The van der Waals surface area contributed by atoms with Crippen LogP contribution in [0.1, 0.15) is 11.5 Å². The fourth-order valence-electron chi connectivity index (χ4n) is 1.72. The lowest BCUT2D eigenvalue weighted by molar-refractivity contribution is -0.136. The molecule has 0 aliphatic carbocycles. The number of nitrogens with one attached hydrogen (secondary N) is 1. The number of H-pyrrole nitrogens is 1. The summed E-state index contributed by atoms with van der Waals surface area (Å²) < 4.78 is 5.49. The van der Waals surface area contributed by atoms with Gasteiger partial charge in [-0.15, -0.1) is 0 Å². The number of nitrogens with zero attached hydrogens (tertiary/aromatic N) is 1. The van der Waals surface area contributed by atoms with E-state index in [2.05, 4.69) is 9.97 Å². The first-order chi connectivity index (χ1) is 10.0. The van der Waals surface area contributed by atoms with Crippen molar-refractivity contribution >= 4 is 17.6 Å². The summed E-state index contributed by atoms with van der Waals surface area (Å²) in [4.78, 5) is 28.7. The molecule has 0 unspecified atom stereocenters. The molecular formula is C14H13ClN2O4. The van der Waals surface area contributed by atoms with E-state index in [-0.39, 0.29) is 17.7 Å². The molecule has 2 aromatic rings. The molecule has 2 N–H and O–H groups in total. The first-order valence-corrected chi connectivity index (χ1v) is 6.60. The molecule has 1 aromatic heterocycles. The summed E-state index contributed by atoms with van der Waals surface area (Å²) in [5.74, 6) is 0.0209. The summed E-state index contributed by atoms with van der Waals surface area (Å²) in [6.45, 7) is 0.307. The molecule has 0 atom stereocenters. The lowest BCUT2D eigenvalue weighted by Gasteiger charge is -2.06. The molecule has 0 aliphatic rings. The fourth-order valence-corrected chi connectivity index (χ4v) is 1.85. The largest absolute Gasteiger partial charge is 0.493 e. The van der Waals surface area contributed by atoms with Crippen molar-refractivity contribution in [3.63, 3.8) is 0 Å². The zero-order valence-electron chi connectivity index (χ0n) is 11.0. The van der Waals surface area contributed by atoms with Crippen LogP contribution in [0.4, 0.5) is 0 Å². The summed E-state index contributed by atoms with van der Waals surface area (Å²) in [5, 5.41) is 9.33. The molecule has 0 amide bonds. The summed E-state index contributed by atoms with van der Waals surface area (Å²) >= 11 is 5.76. The predicted molar refractivity (Wildman–Crippen MR) is 76.8 cm³/mol. The van der Waals surface area contributed by atoms with Crippen molar-refractivity contribution in [3.8, 4) is 5.75 Å². The molecule has 21 heavy (non-hydrogen) atoms. The molecule has 1 heterocycles. The highest BCUT2D eigenvalue weighted by atomic mass is 35.5. The van der Waals surface area contributed by atoms with Gasteiger partial charge in [0.25, 0.3) is 5.56 Å². The topological polar surface area (TPSA) is 92.3 Å². The van der Waals surface area contributed by atoms with E-state index in [1.54, 1.807) is 24.3 Å². The molecule has 1 aromatic carbocycles. The van der Waals surface area contributed by atoms with Gasteiger partial charge in [0.1, 0.15) is 11.6 Å². The number of carboxylic acids is 1. The van der Waals surface area contributed by atoms with Crippen LogP contribution >= 0.6 is 11.6 Å². The number of aromatic nitrogens is 2. The molecule has 0 spiro atoms. The third-order valence-corrected chi connectivity index (χ3v) is 2.85. The number of aromatic amines is 1. The van der Waals surface area contributed by atoms with Crippen molar-refractivity contribution < 1.29 is 14.6 Å². The fraction of sp³-hybridized carbons (Fsp3) is 0.214. The van der Waals surface area contributed by atoms with Gasteiger partial charge < -0.3 is 14.8 Å². The number of benzene rings is 1. The Morgan fingerprint density at radius 3 is 2.71 bits per heavy atom. The maximum Gasteiger partial charge on any atom is 0.309 e. The van der Waals surface area contributed by atoms with Crippen LogP contribution in [0, 0.1) is 0 Å². The van der Waals surface area contributed by atoms with Crippen LogP contribution in [0.2, 0.25) is 5.02 Å². The van der Waals surface area contributed by atoms with Gasteiger partial charge in [0.15, 0.2) is 0 Å². The van der Waals surface area contributed by atoms with Crippen molar-refractivity contribution in [2.45, 2.75) is 12.8 Å². The second kappa shape index (κ2) is 6.90. The molecule has 2 rings (SSSR count). The number of hydrogen-bond donors (Lipinski definition) is 2. The highest BCUT2D eigenvalue weighted by Gasteiger charge is 2.06. The molecular weight excluding hydrogens is 296 g/mol. The highest BCUT2D eigenvalue weighted by molar-refractivity contribution is 6.30. The summed E-state index contributed by atoms with van der Waals surface area (Å²) in [7, 11) is 0. The Morgan fingerprint density at radius 1 is 1.33 bits per heavy atom. The van der Waals surface area contributed by atoms with Gasteiger partial charge in [-0.05, 0) is 24.3 Å². The van der Waals surface area contributed by atoms with E-state index in [4.69, 9.17) is 21.4 Å². The van der Waals surface area contributed by atoms with Gasteiger partial charge in [0.05, 0.1) is 18.7 Å². The van der Waals surface area contributed by atoms with Crippen LogP contribution in [0.25, 0.3) is 0 Å². The summed E-state index contributed by atoms with van der Waals surface area (Å²) in [6, 6.07) is 8.07. The Labute approximate surface area is 125 Å². The molecule has 110 valence electrons. The van der Waals surface area contributed by atoms with E-state index >= 15 is 0 Å². The zero-order valence-corrected chi connectivity index (χ0v) is 11.8. The van der Waals surface area contributed by atoms with Gasteiger partial charge in [-0.2, -0.15) is 0 Å². The average Bonchev–Trinajstić information content (AvgIpc) is 2.39. The average molecular weight is 309 g/mol. The SMILES string of the molecule is O=C(O)Cc1cc(=O)[nH]c(CCOc2ccc(Cl)cc2)n1. The van der Waals surface area contributed by atoms with Gasteiger partial charge in [-0.1, -0.05) is 11.6 Å². The lowest BCUT2D eigenvalue weighted by Crippen LogP contribution is -2.16. The van der Waals surface area contributed by atoms with Crippen molar-refractivity contribution in [1.82, 2.24) is 9.97 Å². The molecule has 0 saturated carbocycles. The smallest absolute Gasteiger partial charge is 0.309 e. The van der Waals surface area contributed by atoms with Crippen LogP contribution in [0.3, 0.4) is 0 Å². The van der Waals surface area contributed by atoms with E-state index < -0.39 is 5.97 Å². The Bertz CT molecular complexity index is 682. The second-order valence-electron chi connectivity index (χ2n) is 4.31. The summed E-state index contributed by atoms with van der Waals surface area (Å²) in [5.41, 5.74) is -0.143. The number of aliphatic carboxylic acids is 1. The van der Waals surface area contributed by atoms with Crippen LogP contribution in [0.15, 0.2) is 35.1 Å². The second-order valence-corrected chi connectivity index (χ2v) is 4.74. The number of rotatable bonds is 6. The standard InChI is InChI=1S/C14H13ClN2O4/c15-9-1-3-11(4-2-9)21-6-5-12-16-10(8-14(19)20)7-13(18)17-12/h1-4,7H,5-6,8H2,(H,19,20)(H,16,17,18). The molecule has 0 aliphatic heterocycles. The van der Waals surface area contributed by atoms with E-state index in [0.717, 1.165) is 0 Å². The minimum atomic E-state index is -1.03. The Morgan fingerprint density at radius 2 is 2.05 bits per heavy atom. The first kappa shape index (κ1) is 15.1. The number of ether oxygens (including phenoxy) is 1. The van der Waals surface area contributed by atoms with Crippen LogP contribution in [-0.4, -0.2) is 27.7 Å². The Hall–Kier alpha value is -2.34. The third kappa shape index (κ3) is 4.92. The zero-order chi connectivity index (χ0) is 15.2. The number of hydrogen-bond acceptors (Lipinski definition) is 4. The van der Waals surface area contributed by atoms with Crippen molar-refractivity contribution in [2.24, 2.45) is 0 Å². The molecule has 0 saturated heterocycles. The van der Waals surface area contributed by atoms with E-state index in [1.165, 1.54) is 6.07 Å². The molecule has 7 heteroatoms. The third-order valence-electron chi connectivity index (χ3n) is 2.60. The minimum absolute atomic E-state index is 0.229. The number of carbonyl (C=O) groups is 1. The van der Waals surface area contributed by atoms with E-state index in [0.29, 0.717) is 29.6 Å². The summed E-state index contributed by atoms with van der Waals surface area (Å²) in [6.07, 6.45) is 0.0836. The van der Waals surface area contributed by atoms with E-state index in [9.17, 15) is 9.59 Å². The van der Waals surface area contributed by atoms with Gasteiger partial charge in [-0.3, -0.25) is 9.59 Å². The van der Waals surface area contributed by atoms with Crippen LogP contribution < -0.4 is 10.3 Å². The monoisotopic (exact) mass is 308 g/mol. The first-order valence-electron chi connectivity index (χ1n) is 6.22. The highest BCUT2D eigenvalue weighted by Crippen LogP contribution is 2.15. The molecule has 0 bridgehead atoms. The van der Waals surface area contributed by atoms with Crippen molar-refractivity contribution in [3.05, 3.63) is 57.2 Å². The maximum absolute atomic E-state index is 11.4. The Kier molecular flexibility index (Phi) is 4.94. The van der Waals surface area contributed by atoms with Gasteiger partial charge in [0.2, 0.25) is 0 Å². The predicted octanol–water partition coefficient (Wildman–Crippen LogP) is 1.67. The number of carboxylic acid groups (broad SMARTS) is 1. The quantitative estimate of drug-likeness (QED) is 0.847. The van der Waals surface area contributed by atoms with Gasteiger partial charge >= 0.3 is 5.97 Å². The molecule has 0 radical (unpaired) electrons. The Balaban J connectivity index is 1.96. The molecule has 6 nitrogen and oxygen atoms in total. The lowest BCUT2D eigenvalue weighted by atomic mass is 10.3. The maximum atomic E-state index is 11.4. The van der Waals surface area contributed by atoms with Crippen molar-refractivity contribution in [1.29, 1.82) is 0 Å². The van der Waals surface area contributed by atoms with Crippen molar-refractivity contribution in [2.75, 3.05) is 6.61 Å². The minimum Gasteiger partial charge on any atom is -0.493 e. The van der Waals surface area contributed by atoms with Gasteiger partial charge in [0, 0.05) is 17.5 Å².